The molecule has 3 aromatic rings. The van der Waals surface area contributed by atoms with E-state index in [9.17, 15) is 9.59 Å². The molecule has 0 unspecified atom stereocenters. The number of hydrogen-bond acceptors (Lipinski definition) is 8. The number of methoxy groups -OCH3 is 1. The van der Waals surface area contributed by atoms with Gasteiger partial charge >= 0.3 is 11.8 Å². The molecule has 0 saturated carbocycles. The number of benzene rings is 1. The SMILES string of the molecule is COc1nc(CNC(=O)Cn2c(=O)oc3ccccc32)nc(N2CCCC2)n1. The predicted molar refractivity (Wildman–Crippen MR) is 100 cm³/mol. The smallest absolute Gasteiger partial charge is 0.420 e. The molecule has 10 nitrogen and oxygen atoms in total. The predicted octanol–water partition coefficient (Wildman–Crippen LogP) is 0.705. The lowest BCUT2D eigenvalue weighted by atomic mass is 10.3. The van der Waals surface area contributed by atoms with E-state index in [0.29, 0.717) is 22.9 Å². The summed E-state index contributed by atoms with van der Waals surface area (Å²) in [4.78, 5) is 39.3. The summed E-state index contributed by atoms with van der Waals surface area (Å²) >= 11 is 0. The molecule has 28 heavy (non-hydrogen) atoms. The van der Waals surface area contributed by atoms with Crippen molar-refractivity contribution in [1.29, 1.82) is 0 Å². The summed E-state index contributed by atoms with van der Waals surface area (Å²) < 4.78 is 11.6. The minimum atomic E-state index is -0.575. The maximum absolute atomic E-state index is 12.3. The van der Waals surface area contributed by atoms with Gasteiger partial charge in [0.2, 0.25) is 11.9 Å². The highest BCUT2D eigenvalue weighted by molar-refractivity contribution is 5.79. The van der Waals surface area contributed by atoms with Crippen LogP contribution in [0.1, 0.15) is 18.7 Å². The second-order valence-electron chi connectivity index (χ2n) is 6.43. The number of nitrogens with one attached hydrogen (secondary N) is 1. The molecule has 0 radical (unpaired) electrons. The van der Waals surface area contributed by atoms with Crippen LogP contribution in [0.2, 0.25) is 0 Å². The van der Waals surface area contributed by atoms with Crippen LogP contribution >= 0.6 is 0 Å². The number of hydrogen-bond donors (Lipinski definition) is 1. The van der Waals surface area contributed by atoms with Crippen molar-refractivity contribution in [2.75, 3.05) is 25.1 Å². The average molecular weight is 384 g/mol. The van der Waals surface area contributed by atoms with Crippen LogP contribution < -0.4 is 20.7 Å². The molecule has 1 saturated heterocycles. The van der Waals surface area contributed by atoms with Crippen molar-refractivity contribution in [2.45, 2.75) is 25.9 Å². The quantitative estimate of drug-likeness (QED) is 0.660. The molecule has 1 fully saturated rings. The van der Waals surface area contributed by atoms with E-state index in [2.05, 4.69) is 25.2 Å². The van der Waals surface area contributed by atoms with Crippen molar-refractivity contribution < 1.29 is 13.9 Å². The second kappa shape index (κ2) is 7.67. The zero-order valence-corrected chi connectivity index (χ0v) is 15.4. The molecule has 0 bridgehead atoms. The number of amides is 1. The molecule has 1 amide bonds. The molecule has 0 spiro atoms. The first-order valence-corrected chi connectivity index (χ1v) is 9.03. The minimum absolute atomic E-state index is 0.100. The first-order valence-electron chi connectivity index (χ1n) is 9.03. The van der Waals surface area contributed by atoms with Crippen molar-refractivity contribution >= 4 is 23.0 Å². The molecule has 146 valence electrons. The van der Waals surface area contributed by atoms with Crippen molar-refractivity contribution in [2.24, 2.45) is 0 Å². The molecule has 1 aliphatic rings. The van der Waals surface area contributed by atoms with Gasteiger partial charge in [-0.2, -0.15) is 15.0 Å². The number of anilines is 1. The van der Waals surface area contributed by atoms with Gasteiger partial charge in [0, 0.05) is 13.1 Å². The third-order valence-corrected chi connectivity index (χ3v) is 4.54. The molecule has 10 heteroatoms. The standard InChI is InChI=1S/C18H20N6O4/c1-27-17-21-14(20-16(22-17)23-8-4-5-9-23)10-19-15(25)11-24-12-6-2-3-7-13(12)28-18(24)26/h2-3,6-7H,4-5,8-11H2,1H3,(H,19,25). The molecule has 0 aliphatic carbocycles. The van der Waals surface area contributed by atoms with Crippen LogP contribution in [0.3, 0.4) is 0 Å². The lowest BCUT2D eigenvalue weighted by molar-refractivity contribution is -0.121. The van der Waals surface area contributed by atoms with E-state index in [1.807, 2.05) is 0 Å². The Kier molecular flexibility index (Phi) is 4.92. The molecule has 0 atom stereocenters. The fraction of sp³-hybridized carbons (Fsp3) is 0.389. The average Bonchev–Trinajstić information content (AvgIpc) is 3.35. The van der Waals surface area contributed by atoms with E-state index < -0.39 is 5.76 Å². The van der Waals surface area contributed by atoms with E-state index in [-0.39, 0.29) is 25.0 Å². The summed E-state index contributed by atoms with van der Waals surface area (Å²) in [6.07, 6.45) is 2.18. The van der Waals surface area contributed by atoms with E-state index in [1.165, 1.54) is 11.7 Å². The summed E-state index contributed by atoms with van der Waals surface area (Å²) in [5.41, 5.74) is 1.01. The topological polar surface area (TPSA) is 115 Å². The highest BCUT2D eigenvalue weighted by Crippen LogP contribution is 2.17. The fourth-order valence-corrected chi connectivity index (χ4v) is 3.16. The number of fused-ring (bicyclic) bond motifs is 1. The Morgan fingerprint density at radius 1 is 1.21 bits per heavy atom. The lowest BCUT2D eigenvalue weighted by Crippen LogP contribution is -2.31. The molecular formula is C18H20N6O4. The summed E-state index contributed by atoms with van der Waals surface area (Å²) in [5.74, 6) is 0.0161. The molecule has 1 aromatic carbocycles. The van der Waals surface area contributed by atoms with E-state index in [1.54, 1.807) is 24.3 Å². The van der Waals surface area contributed by atoms with Crippen molar-refractivity contribution in [3.8, 4) is 6.01 Å². The van der Waals surface area contributed by atoms with Gasteiger partial charge in [-0.1, -0.05) is 12.1 Å². The second-order valence-corrected chi connectivity index (χ2v) is 6.43. The van der Waals surface area contributed by atoms with Crippen molar-refractivity contribution in [1.82, 2.24) is 24.8 Å². The molecule has 1 N–H and O–H groups in total. The Bertz CT molecular complexity index is 1050. The Morgan fingerprint density at radius 3 is 2.79 bits per heavy atom. The van der Waals surface area contributed by atoms with Gasteiger partial charge in [-0.25, -0.2) is 4.79 Å². The highest BCUT2D eigenvalue weighted by Gasteiger charge is 2.18. The fourth-order valence-electron chi connectivity index (χ4n) is 3.16. The van der Waals surface area contributed by atoms with Gasteiger partial charge in [0.15, 0.2) is 11.4 Å². The van der Waals surface area contributed by atoms with Crippen LogP contribution in [-0.2, 0) is 17.9 Å². The number of oxazole rings is 1. The Balaban J connectivity index is 1.46. The van der Waals surface area contributed by atoms with Gasteiger partial charge in [0.05, 0.1) is 19.2 Å². The van der Waals surface area contributed by atoms with Gasteiger partial charge in [-0.05, 0) is 25.0 Å². The van der Waals surface area contributed by atoms with Gasteiger partial charge in [0.25, 0.3) is 0 Å². The van der Waals surface area contributed by atoms with Crippen LogP contribution in [0.15, 0.2) is 33.5 Å². The number of carbonyl (C=O) groups is 1. The van der Waals surface area contributed by atoms with Gasteiger partial charge in [0.1, 0.15) is 6.54 Å². The van der Waals surface area contributed by atoms with E-state index in [4.69, 9.17) is 9.15 Å². The van der Waals surface area contributed by atoms with Gasteiger partial charge in [-0.15, -0.1) is 0 Å². The number of rotatable bonds is 6. The van der Waals surface area contributed by atoms with Crippen LogP contribution in [0.5, 0.6) is 6.01 Å². The summed E-state index contributed by atoms with van der Waals surface area (Å²) in [7, 11) is 1.49. The number of para-hydroxylation sites is 2. The number of aromatic nitrogens is 4. The zero-order chi connectivity index (χ0) is 19.5. The summed E-state index contributed by atoms with van der Waals surface area (Å²) in [6.45, 7) is 1.71. The maximum Gasteiger partial charge on any atom is 0.420 e. The third-order valence-electron chi connectivity index (χ3n) is 4.54. The van der Waals surface area contributed by atoms with Crippen LogP contribution in [0, 0.1) is 0 Å². The van der Waals surface area contributed by atoms with Crippen LogP contribution in [0.4, 0.5) is 5.95 Å². The molecular weight excluding hydrogens is 364 g/mol. The summed E-state index contributed by atoms with van der Waals surface area (Å²) in [6, 6.07) is 7.16. The number of ether oxygens (including phenoxy) is 1. The van der Waals surface area contributed by atoms with E-state index >= 15 is 0 Å². The molecule has 2 aromatic heterocycles. The highest BCUT2D eigenvalue weighted by atomic mass is 16.5. The maximum atomic E-state index is 12.3. The molecule has 4 rings (SSSR count). The first kappa shape index (κ1) is 18.0. The number of nitrogens with zero attached hydrogens (tertiary/aromatic N) is 5. The Labute approximate surface area is 160 Å². The monoisotopic (exact) mass is 384 g/mol. The summed E-state index contributed by atoms with van der Waals surface area (Å²) in [5, 5.41) is 2.73. The van der Waals surface area contributed by atoms with Gasteiger partial charge < -0.3 is 19.4 Å². The van der Waals surface area contributed by atoms with Crippen LogP contribution in [-0.4, -0.2) is 45.6 Å². The zero-order valence-electron chi connectivity index (χ0n) is 15.4. The van der Waals surface area contributed by atoms with Crippen LogP contribution in [0.25, 0.3) is 11.1 Å². The lowest BCUT2D eigenvalue weighted by Gasteiger charge is -2.16. The van der Waals surface area contributed by atoms with E-state index in [0.717, 1.165) is 25.9 Å². The van der Waals surface area contributed by atoms with Crippen molar-refractivity contribution in [3.05, 3.63) is 40.6 Å². The first-order chi connectivity index (χ1) is 13.6. The molecule has 3 heterocycles. The minimum Gasteiger partial charge on any atom is -0.467 e. The normalized spacial score (nSPS) is 13.8. The largest absolute Gasteiger partial charge is 0.467 e. The Morgan fingerprint density at radius 2 is 2.00 bits per heavy atom. The Hall–Kier alpha value is -3.43. The molecule has 1 aliphatic heterocycles. The third kappa shape index (κ3) is 3.66. The van der Waals surface area contributed by atoms with Gasteiger partial charge in [-0.3, -0.25) is 9.36 Å². The number of carbonyl (C=O) groups excluding carboxylic acids is 1. The van der Waals surface area contributed by atoms with Crippen molar-refractivity contribution in [3.63, 3.8) is 0 Å².